The zero-order valence-electron chi connectivity index (χ0n) is 13.0. The molecule has 126 valence electrons. The lowest BCUT2D eigenvalue weighted by Crippen LogP contribution is -2.30. The molecular weight excluding hydrogens is 353 g/mol. The molecule has 0 spiro atoms. The Morgan fingerprint density at radius 1 is 1.12 bits per heavy atom. The SMILES string of the molecule is Cc1ccc(Cl)cc1NC(=O)[C@H](C)OC(=O)c1ccc(Cl)cc1O. The summed E-state index contributed by atoms with van der Waals surface area (Å²) in [4.78, 5) is 24.2. The summed E-state index contributed by atoms with van der Waals surface area (Å²) in [6, 6.07) is 9.07. The summed E-state index contributed by atoms with van der Waals surface area (Å²) in [6.07, 6.45) is -1.06. The Balaban J connectivity index is 2.05. The lowest BCUT2D eigenvalue weighted by atomic mass is 10.2. The smallest absolute Gasteiger partial charge is 0.342 e. The van der Waals surface area contributed by atoms with Crippen molar-refractivity contribution in [2.45, 2.75) is 20.0 Å². The Morgan fingerprint density at radius 2 is 1.75 bits per heavy atom. The van der Waals surface area contributed by atoms with Gasteiger partial charge in [0, 0.05) is 15.7 Å². The Morgan fingerprint density at radius 3 is 2.42 bits per heavy atom. The van der Waals surface area contributed by atoms with Crippen molar-refractivity contribution in [1.82, 2.24) is 0 Å². The predicted octanol–water partition coefficient (Wildman–Crippen LogP) is 4.19. The van der Waals surface area contributed by atoms with E-state index in [1.165, 1.54) is 25.1 Å². The summed E-state index contributed by atoms with van der Waals surface area (Å²) >= 11 is 11.6. The number of benzene rings is 2. The van der Waals surface area contributed by atoms with Gasteiger partial charge >= 0.3 is 5.97 Å². The van der Waals surface area contributed by atoms with Gasteiger partial charge in [-0.05, 0) is 49.7 Å². The Bertz CT molecular complexity index is 792. The number of phenolic OH excluding ortho intramolecular Hbond substituents is 1. The first-order valence-corrected chi connectivity index (χ1v) is 7.80. The van der Waals surface area contributed by atoms with Crippen LogP contribution in [0, 0.1) is 6.92 Å². The number of anilines is 1. The second kappa shape index (κ2) is 7.55. The molecule has 0 unspecified atom stereocenters. The van der Waals surface area contributed by atoms with Crippen LogP contribution < -0.4 is 5.32 Å². The standard InChI is InChI=1S/C17H15Cl2NO4/c1-9-3-4-11(18)7-14(9)20-16(22)10(2)24-17(23)13-6-5-12(19)8-15(13)21/h3-8,10,21H,1-2H3,(H,20,22)/t10-/m0/s1. The number of amides is 1. The monoisotopic (exact) mass is 367 g/mol. The van der Waals surface area contributed by atoms with E-state index >= 15 is 0 Å². The zero-order chi connectivity index (χ0) is 17.9. The molecule has 1 amide bonds. The molecule has 0 saturated carbocycles. The van der Waals surface area contributed by atoms with Gasteiger partial charge in [-0.15, -0.1) is 0 Å². The molecule has 0 aliphatic carbocycles. The fourth-order valence-electron chi connectivity index (χ4n) is 1.92. The second-order valence-electron chi connectivity index (χ2n) is 5.16. The Labute approximate surface area is 149 Å². The van der Waals surface area contributed by atoms with Crippen molar-refractivity contribution in [2.24, 2.45) is 0 Å². The number of hydrogen-bond donors (Lipinski definition) is 2. The molecule has 0 aliphatic rings. The third-order valence-corrected chi connectivity index (χ3v) is 3.76. The van der Waals surface area contributed by atoms with Gasteiger partial charge in [0.05, 0.1) is 0 Å². The van der Waals surface area contributed by atoms with E-state index in [0.717, 1.165) is 5.56 Å². The van der Waals surface area contributed by atoms with E-state index in [2.05, 4.69) is 5.32 Å². The van der Waals surface area contributed by atoms with E-state index in [0.29, 0.717) is 10.7 Å². The number of phenols is 1. The minimum atomic E-state index is -1.06. The molecule has 0 fully saturated rings. The number of carbonyl (C=O) groups excluding carboxylic acids is 2. The summed E-state index contributed by atoms with van der Waals surface area (Å²) in [5, 5.41) is 13.1. The van der Waals surface area contributed by atoms with Gasteiger partial charge in [0.25, 0.3) is 5.91 Å². The van der Waals surface area contributed by atoms with Gasteiger partial charge in [0.15, 0.2) is 6.10 Å². The van der Waals surface area contributed by atoms with E-state index in [1.54, 1.807) is 18.2 Å². The van der Waals surface area contributed by atoms with Crippen LogP contribution >= 0.6 is 23.2 Å². The van der Waals surface area contributed by atoms with Gasteiger partial charge in [0.2, 0.25) is 0 Å². The van der Waals surface area contributed by atoms with Crippen LogP contribution in [0.25, 0.3) is 0 Å². The number of halogens is 2. The Kier molecular flexibility index (Phi) is 5.70. The van der Waals surface area contributed by atoms with Crippen LogP contribution in [0.3, 0.4) is 0 Å². The van der Waals surface area contributed by atoms with Crippen LogP contribution in [0.2, 0.25) is 10.0 Å². The van der Waals surface area contributed by atoms with Crippen molar-refractivity contribution in [1.29, 1.82) is 0 Å². The number of aryl methyl sites for hydroxylation is 1. The number of aromatic hydroxyl groups is 1. The average molecular weight is 368 g/mol. The molecule has 0 aliphatic heterocycles. The topological polar surface area (TPSA) is 75.6 Å². The van der Waals surface area contributed by atoms with E-state index in [1.807, 2.05) is 6.92 Å². The van der Waals surface area contributed by atoms with Gasteiger partial charge in [0.1, 0.15) is 11.3 Å². The lowest BCUT2D eigenvalue weighted by molar-refractivity contribution is -0.123. The maximum absolute atomic E-state index is 12.2. The molecule has 2 rings (SSSR count). The lowest BCUT2D eigenvalue weighted by Gasteiger charge is -2.15. The van der Waals surface area contributed by atoms with Crippen molar-refractivity contribution >= 4 is 40.8 Å². The minimum Gasteiger partial charge on any atom is -0.507 e. The van der Waals surface area contributed by atoms with Crippen LogP contribution in [-0.2, 0) is 9.53 Å². The van der Waals surface area contributed by atoms with Crippen LogP contribution in [0.1, 0.15) is 22.8 Å². The molecule has 1 atom stereocenters. The number of esters is 1. The highest BCUT2D eigenvalue weighted by Crippen LogP contribution is 2.23. The molecule has 24 heavy (non-hydrogen) atoms. The van der Waals surface area contributed by atoms with Crippen molar-refractivity contribution in [3.05, 3.63) is 57.6 Å². The molecule has 2 N–H and O–H groups in total. The number of rotatable bonds is 4. The summed E-state index contributed by atoms with van der Waals surface area (Å²) in [7, 11) is 0. The van der Waals surface area contributed by atoms with Crippen molar-refractivity contribution < 1.29 is 19.4 Å². The quantitative estimate of drug-likeness (QED) is 0.794. The first-order chi connectivity index (χ1) is 11.3. The van der Waals surface area contributed by atoms with Crippen molar-refractivity contribution in [3.63, 3.8) is 0 Å². The highest BCUT2D eigenvalue weighted by Gasteiger charge is 2.21. The fraction of sp³-hybridized carbons (Fsp3) is 0.176. The summed E-state index contributed by atoms with van der Waals surface area (Å²) < 4.78 is 5.07. The third kappa shape index (κ3) is 4.40. The van der Waals surface area contributed by atoms with Crippen LogP contribution in [0.4, 0.5) is 5.69 Å². The molecule has 0 radical (unpaired) electrons. The first kappa shape index (κ1) is 18.1. The number of ether oxygens (including phenoxy) is 1. The van der Waals surface area contributed by atoms with Gasteiger partial charge in [-0.3, -0.25) is 4.79 Å². The Hall–Kier alpha value is -2.24. The average Bonchev–Trinajstić information content (AvgIpc) is 2.50. The van der Waals surface area contributed by atoms with Crippen molar-refractivity contribution in [2.75, 3.05) is 5.32 Å². The minimum absolute atomic E-state index is 0.0713. The van der Waals surface area contributed by atoms with Crippen LogP contribution in [0.5, 0.6) is 5.75 Å². The summed E-state index contributed by atoms with van der Waals surface area (Å²) in [6.45, 7) is 3.24. The largest absolute Gasteiger partial charge is 0.507 e. The highest BCUT2D eigenvalue weighted by molar-refractivity contribution is 6.31. The van der Waals surface area contributed by atoms with Crippen LogP contribution in [-0.4, -0.2) is 23.1 Å². The molecule has 2 aromatic rings. The highest BCUT2D eigenvalue weighted by atomic mass is 35.5. The zero-order valence-corrected chi connectivity index (χ0v) is 14.5. The fourth-order valence-corrected chi connectivity index (χ4v) is 2.26. The van der Waals surface area contributed by atoms with E-state index in [4.69, 9.17) is 27.9 Å². The molecule has 7 heteroatoms. The van der Waals surface area contributed by atoms with Gasteiger partial charge in [-0.1, -0.05) is 29.3 Å². The predicted molar refractivity (Wildman–Crippen MR) is 92.8 cm³/mol. The maximum atomic E-state index is 12.2. The molecule has 0 heterocycles. The van der Waals surface area contributed by atoms with Crippen LogP contribution in [0.15, 0.2) is 36.4 Å². The van der Waals surface area contributed by atoms with E-state index in [-0.39, 0.29) is 16.3 Å². The number of carbonyl (C=O) groups is 2. The third-order valence-electron chi connectivity index (χ3n) is 3.29. The molecule has 2 aromatic carbocycles. The van der Waals surface area contributed by atoms with Gasteiger partial charge in [-0.2, -0.15) is 0 Å². The molecule has 0 aromatic heterocycles. The molecular formula is C17H15Cl2NO4. The molecule has 0 bridgehead atoms. The second-order valence-corrected chi connectivity index (χ2v) is 6.03. The van der Waals surface area contributed by atoms with Crippen molar-refractivity contribution in [3.8, 4) is 5.75 Å². The maximum Gasteiger partial charge on any atom is 0.342 e. The number of nitrogens with one attached hydrogen (secondary N) is 1. The van der Waals surface area contributed by atoms with E-state index in [9.17, 15) is 14.7 Å². The number of hydrogen-bond acceptors (Lipinski definition) is 4. The molecule has 0 saturated heterocycles. The normalized spacial score (nSPS) is 11.7. The van der Waals surface area contributed by atoms with Gasteiger partial charge < -0.3 is 15.2 Å². The van der Waals surface area contributed by atoms with Gasteiger partial charge in [-0.25, -0.2) is 4.79 Å². The summed E-state index contributed by atoms with van der Waals surface area (Å²) in [5.74, 6) is -1.65. The van der Waals surface area contributed by atoms with E-state index < -0.39 is 18.0 Å². The summed E-state index contributed by atoms with van der Waals surface area (Å²) in [5.41, 5.74) is 1.28. The molecule has 5 nitrogen and oxygen atoms in total. The first-order valence-electron chi connectivity index (χ1n) is 7.04.